The molecule has 1 fully saturated rings. The summed E-state index contributed by atoms with van der Waals surface area (Å²) in [7, 11) is 0. The molecule has 0 aliphatic carbocycles. The van der Waals surface area contributed by atoms with Crippen LogP contribution in [-0.2, 0) is 0 Å². The molecule has 1 aliphatic heterocycles. The van der Waals surface area contributed by atoms with Crippen molar-refractivity contribution in [3.63, 3.8) is 0 Å². The lowest BCUT2D eigenvalue weighted by atomic mass is 10.2. The zero-order valence-electron chi connectivity index (χ0n) is 8.70. The number of ether oxygens (including phenoxy) is 1. The summed E-state index contributed by atoms with van der Waals surface area (Å²) in [6, 6.07) is 5.81. The van der Waals surface area contributed by atoms with Crippen molar-refractivity contribution < 1.29 is 9.84 Å². The van der Waals surface area contributed by atoms with E-state index in [9.17, 15) is 5.11 Å². The van der Waals surface area contributed by atoms with Crippen molar-refractivity contribution in [2.45, 2.75) is 18.6 Å². The van der Waals surface area contributed by atoms with E-state index in [4.69, 9.17) is 4.74 Å². The second-order valence-electron chi connectivity index (χ2n) is 3.47. The molecule has 2 heterocycles. The fraction of sp³-hybridized carbons (Fsp3) is 0.500. The van der Waals surface area contributed by atoms with Gasteiger partial charge in [-0.15, -0.1) is 24.8 Å². The smallest absolute Gasteiger partial charge is 0.213 e. The Balaban J connectivity index is 0.00000112. The molecular formula is C10H16Cl2N2O2. The first kappa shape index (κ1) is 15.4. The SMILES string of the molecule is Cl.Cl.O[C@H]1CN[C@H](COc2ccccn2)C1. The van der Waals surface area contributed by atoms with Crippen LogP contribution in [0.25, 0.3) is 0 Å². The van der Waals surface area contributed by atoms with Crippen molar-refractivity contribution >= 4 is 24.8 Å². The molecule has 1 aliphatic rings. The third-order valence-corrected chi connectivity index (χ3v) is 2.27. The quantitative estimate of drug-likeness (QED) is 0.858. The van der Waals surface area contributed by atoms with Crippen molar-refractivity contribution in [1.82, 2.24) is 10.3 Å². The van der Waals surface area contributed by atoms with Crippen molar-refractivity contribution in [2.24, 2.45) is 0 Å². The standard InChI is InChI=1S/C10H14N2O2.2ClH/c13-9-5-8(12-6-9)7-14-10-3-1-2-4-11-10;;/h1-4,8-9,12-13H,5-7H2;2*1H/t8-,9+;;/m0../s1. The van der Waals surface area contributed by atoms with E-state index in [-0.39, 0.29) is 37.0 Å². The first-order chi connectivity index (χ1) is 6.84. The lowest BCUT2D eigenvalue weighted by molar-refractivity contribution is 0.186. The largest absolute Gasteiger partial charge is 0.476 e. The second kappa shape index (κ2) is 7.68. The Morgan fingerprint density at radius 1 is 1.44 bits per heavy atom. The maximum atomic E-state index is 9.26. The molecule has 16 heavy (non-hydrogen) atoms. The van der Waals surface area contributed by atoms with Gasteiger partial charge in [0.15, 0.2) is 0 Å². The molecule has 2 rings (SSSR count). The van der Waals surface area contributed by atoms with Gasteiger partial charge < -0.3 is 15.2 Å². The zero-order chi connectivity index (χ0) is 9.80. The first-order valence-electron chi connectivity index (χ1n) is 4.80. The molecule has 6 heteroatoms. The lowest BCUT2D eigenvalue weighted by Crippen LogP contribution is -2.28. The van der Waals surface area contributed by atoms with Gasteiger partial charge in [0.1, 0.15) is 6.61 Å². The van der Waals surface area contributed by atoms with Crippen LogP contribution in [0.3, 0.4) is 0 Å². The predicted molar refractivity (Wildman–Crippen MR) is 66.6 cm³/mol. The van der Waals surface area contributed by atoms with Gasteiger partial charge in [-0.3, -0.25) is 0 Å². The average Bonchev–Trinajstić information content (AvgIpc) is 2.63. The molecule has 1 saturated heterocycles. The molecular weight excluding hydrogens is 251 g/mol. The van der Waals surface area contributed by atoms with E-state index in [2.05, 4.69) is 10.3 Å². The summed E-state index contributed by atoms with van der Waals surface area (Å²) < 4.78 is 5.45. The Kier molecular flexibility index (Phi) is 7.42. The van der Waals surface area contributed by atoms with Crippen LogP contribution >= 0.6 is 24.8 Å². The number of nitrogens with one attached hydrogen (secondary N) is 1. The van der Waals surface area contributed by atoms with E-state index in [1.807, 2.05) is 18.2 Å². The highest BCUT2D eigenvalue weighted by Gasteiger charge is 2.22. The van der Waals surface area contributed by atoms with Crippen molar-refractivity contribution in [3.05, 3.63) is 24.4 Å². The molecule has 0 bridgehead atoms. The van der Waals surface area contributed by atoms with Gasteiger partial charge in [0.05, 0.1) is 6.10 Å². The van der Waals surface area contributed by atoms with Crippen LogP contribution in [0.1, 0.15) is 6.42 Å². The Hall–Kier alpha value is -0.550. The van der Waals surface area contributed by atoms with Gasteiger partial charge in [-0.1, -0.05) is 6.07 Å². The fourth-order valence-corrected chi connectivity index (χ4v) is 1.54. The number of pyridine rings is 1. The van der Waals surface area contributed by atoms with Gasteiger partial charge in [0, 0.05) is 24.8 Å². The van der Waals surface area contributed by atoms with Crippen LogP contribution in [-0.4, -0.2) is 35.4 Å². The molecule has 0 aromatic carbocycles. The summed E-state index contributed by atoms with van der Waals surface area (Å²) in [5.41, 5.74) is 0. The number of hydrogen-bond donors (Lipinski definition) is 2. The highest BCUT2D eigenvalue weighted by molar-refractivity contribution is 5.85. The van der Waals surface area contributed by atoms with Gasteiger partial charge in [-0.2, -0.15) is 0 Å². The second-order valence-corrected chi connectivity index (χ2v) is 3.47. The van der Waals surface area contributed by atoms with E-state index in [1.54, 1.807) is 6.20 Å². The highest BCUT2D eigenvalue weighted by Crippen LogP contribution is 2.09. The van der Waals surface area contributed by atoms with Crippen LogP contribution in [0.15, 0.2) is 24.4 Å². The van der Waals surface area contributed by atoms with Crippen molar-refractivity contribution in [1.29, 1.82) is 0 Å². The fourth-order valence-electron chi connectivity index (χ4n) is 1.54. The molecule has 92 valence electrons. The first-order valence-corrected chi connectivity index (χ1v) is 4.80. The van der Waals surface area contributed by atoms with Gasteiger partial charge in [-0.25, -0.2) is 4.98 Å². The molecule has 4 nitrogen and oxygen atoms in total. The van der Waals surface area contributed by atoms with Crippen molar-refractivity contribution in [3.8, 4) is 5.88 Å². The summed E-state index contributed by atoms with van der Waals surface area (Å²) in [6.45, 7) is 1.23. The number of aliphatic hydroxyl groups is 1. The molecule has 0 saturated carbocycles. The number of hydrogen-bond acceptors (Lipinski definition) is 4. The Morgan fingerprint density at radius 2 is 2.25 bits per heavy atom. The van der Waals surface area contributed by atoms with Crippen LogP contribution < -0.4 is 10.1 Å². The predicted octanol–water partition coefficient (Wildman–Crippen LogP) is 1.03. The van der Waals surface area contributed by atoms with Crippen LogP contribution in [0, 0.1) is 0 Å². The molecule has 2 atom stereocenters. The molecule has 0 amide bonds. The van der Waals surface area contributed by atoms with E-state index in [1.165, 1.54) is 0 Å². The number of aromatic nitrogens is 1. The Bertz CT molecular complexity index is 287. The van der Waals surface area contributed by atoms with Gasteiger partial charge in [-0.05, 0) is 12.5 Å². The molecule has 1 aromatic heterocycles. The van der Waals surface area contributed by atoms with Crippen LogP contribution in [0.5, 0.6) is 5.88 Å². The summed E-state index contributed by atoms with van der Waals surface area (Å²) in [6.07, 6.45) is 2.23. The van der Waals surface area contributed by atoms with Crippen LogP contribution in [0.4, 0.5) is 0 Å². The zero-order valence-corrected chi connectivity index (χ0v) is 10.3. The van der Waals surface area contributed by atoms with Crippen LogP contribution in [0.2, 0.25) is 0 Å². The minimum atomic E-state index is -0.229. The monoisotopic (exact) mass is 266 g/mol. The molecule has 2 N–H and O–H groups in total. The summed E-state index contributed by atoms with van der Waals surface area (Å²) >= 11 is 0. The van der Waals surface area contributed by atoms with E-state index in [0.717, 1.165) is 6.42 Å². The highest BCUT2D eigenvalue weighted by atomic mass is 35.5. The summed E-state index contributed by atoms with van der Waals surface area (Å²) in [5, 5.41) is 12.4. The summed E-state index contributed by atoms with van der Waals surface area (Å²) in [5.74, 6) is 0.635. The third kappa shape index (κ3) is 4.53. The maximum Gasteiger partial charge on any atom is 0.213 e. The summed E-state index contributed by atoms with van der Waals surface area (Å²) in [4.78, 5) is 4.05. The third-order valence-electron chi connectivity index (χ3n) is 2.27. The number of nitrogens with zero attached hydrogens (tertiary/aromatic N) is 1. The molecule has 1 aromatic rings. The number of halogens is 2. The minimum Gasteiger partial charge on any atom is -0.476 e. The van der Waals surface area contributed by atoms with E-state index in [0.29, 0.717) is 19.0 Å². The number of aliphatic hydroxyl groups excluding tert-OH is 1. The topological polar surface area (TPSA) is 54.4 Å². The normalized spacial score (nSPS) is 23.1. The molecule has 0 radical (unpaired) electrons. The van der Waals surface area contributed by atoms with E-state index >= 15 is 0 Å². The Morgan fingerprint density at radius 3 is 2.81 bits per heavy atom. The molecule has 0 unspecified atom stereocenters. The van der Waals surface area contributed by atoms with E-state index < -0.39 is 0 Å². The van der Waals surface area contributed by atoms with Gasteiger partial charge >= 0.3 is 0 Å². The van der Waals surface area contributed by atoms with Gasteiger partial charge in [0.25, 0.3) is 0 Å². The molecule has 0 spiro atoms. The van der Waals surface area contributed by atoms with Crippen molar-refractivity contribution in [2.75, 3.05) is 13.2 Å². The Labute approximate surface area is 107 Å². The average molecular weight is 267 g/mol. The number of rotatable bonds is 3. The lowest BCUT2D eigenvalue weighted by Gasteiger charge is -2.10. The number of β-amino-alcohol motifs (C(OH)–C–C–N with tert-alkyl or cyclic N) is 1. The van der Waals surface area contributed by atoms with Gasteiger partial charge in [0.2, 0.25) is 5.88 Å². The minimum absolute atomic E-state index is 0. The maximum absolute atomic E-state index is 9.26.